The van der Waals surface area contributed by atoms with Crippen molar-refractivity contribution in [2.45, 2.75) is 32.7 Å². The molecule has 1 atom stereocenters. The number of esters is 1. The molecule has 0 radical (unpaired) electrons. The van der Waals surface area contributed by atoms with Crippen LogP contribution in [0, 0.1) is 0 Å². The molecule has 0 unspecified atom stereocenters. The van der Waals surface area contributed by atoms with Crippen LogP contribution in [0.3, 0.4) is 0 Å². The molecule has 0 bridgehead atoms. The number of furan rings is 1. The molecule has 3 rings (SSSR count). The van der Waals surface area contributed by atoms with Crippen LogP contribution in [0.25, 0.3) is 21.7 Å². The van der Waals surface area contributed by atoms with Crippen LogP contribution in [0.15, 0.2) is 47.1 Å². The molecule has 0 saturated heterocycles. The van der Waals surface area contributed by atoms with Crippen LogP contribution in [0.5, 0.6) is 0 Å². The van der Waals surface area contributed by atoms with Crippen molar-refractivity contribution in [1.29, 1.82) is 0 Å². The Morgan fingerprint density at radius 2 is 1.93 bits per heavy atom. The van der Waals surface area contributed by atoms with E-state index in [9.17, 15) is 14.4 Å². The van der Waals surface area contributed by atoms with Gasteiger partial charge in [-0.15, -0.1) is 0 Å². The van der Waals surface area contributed by atoms with Gasteiger partial charge in [-0.2, -0.15) is 0 Å². The van der Waals surface area contributed by atoms with Crippen molar-refractivity contribution in [3.05, 3.63) is 48.2 Å². The Bertz CT molecular complexity index is 1020. The van der Waals surface area contributed by atoms with Crippen molar-refractivity contribution in [2.24, 2.45) is 0 Å². The van der Waals surface area contributed by atoms with Gasteiger partial charge in [0.2, 0.25) is 0 Å². The fourth-order valence-electron chi connectivity index (χ4n) is 2.88. The van der Waals surface area contributed by atoms with Crippen molar-refractivity contribution >= 4 is 39.6 Å². The summed E-state index contributed by atoms with van der Waals surface area (Å²) in [5, 5.41) is 7.60. The third-order valence-corrected chi connectivity index (χ3v) is 4.48. The zero-order chi connectivity index (χ0) is 20.1. The van der Waals surface area contributed by atoms with Crippen LogP contribution in [0.1, 0.15) is 25.8 Å². The van der Waals surface area contributed by atoms with Crippen LogP contribution in [-0.2, 0) is 20.7 Å². The first-order valence-corrected chi connectivity index (χ1v) is 9.11. The lowest BCUT2D eigenvalue weighted by molar-refractivity contribution is -0.147. The molecule has 0 saturated carbocycles. The van der Waals surface area contributed by atoms with Crippen molar-refractivity contribution in [3.8, 4) is 0 Å². The summed E-state index contributed by atoms with van der Waals surface area (Å²) in [5.74, 6) is -1.26. The number of fused-ring (bicyclic) bond motifs is 3. The maximum atomic E-state index is 12.2. The number of carbonyl (C=O) groups is 3. The number of ether oxygens (including phenoxy) is 1. The van der Waals surface area contributed by atoms with Crippen molar-refractivity contribution in [3.63, 3.8) is 0 Å². The zero-order valence-corrected chi connectivity index (χ0v) is 15.8. The molecule has 1 heterocycles. The first-order valence-electron chi connectivity index (χ1n) is 9.11. The van der Waals surface area contributed by atoms with E-state index in [1.165, 1.54) is 6.26 Å². The van der Waals surface area contributed by atoms with Crippen LogP contribution in [0.4, 0.5) is 4.79 Å². The summed E-state index contributed by atoms with van der Waals surface area (Å²) in [6.07, 6.45) is 2.23. The minimum Gasteiger partial charge on any atom is -0.464 e. The fraction of sp³-hybridized carbons (Fsp3) is 0.286. The highest BCUT2D eigenvalue weighted by Gasteiger charge is 2.16. The molecule has 2 N–H and O–H groups in total. The highest BCUT2D eigenvalue weighted by molar-refractivity contribution is 6.08. The van der Waals surface area contributed by atoms with Crippen LogP contribution in [-0.4, -0.2) is 30.6 Å². The maximum Gasteiger partial charge on any atom is 0.321 e. The Hall–Kier alpha value is -3.35. The predicted octanol–water partition coefficient (Wildman–Crippen LogP) is 3.30. The SMILES string of the molecule is CC[C@H](C)NC(=O)NC(=O)COC(=O)Cc1coc2ccc3ccccc3c12. The molecule has 3 amide bonds. The van der Waals surface area contributed by atoms with Gasteiger partial charge >= 0.3 is 12.0 Å². The summed E-state index contributed by atoms with van der Waals surface area (Å²) in [7, 11) is 0. The lowest BCUT2D eigenvalue weighted by Gasteiger charge is -2.11. The van der Waals surface area contributed by atoms with E-state index in [2.05, 4.69) is 10.6 Å². The summed E-state index contributed by atoms with van der Waals surface area (Å²) < 4.78 is 10.5. The molecular formula is C21H22N2O5. The van der Waals surface area contributed by atoms with Gasteiger partial charge in [0.05, 0.1) is 12.7 Å². The molecule has 0 aliphatic carbocycles. The van der Waals surface area contributed by atoms with Gasteiger partial charge in [-0.05, 0) is 30.2 Å². The van der Waals surface area contributed by atoms with E-state index in [0.717, 1.165) is 22.6 Å². The van der Waals surface area contributed by atoms with Gasteiger partial charge in [-0.1, -0.05) is 37.3 Å². The average molecular weight is 382 g/mol. The topological polar surface area (TPSA) is 97.6 Å². The number of imide groups is 1. The number of nitrogens with one attached hydrogen (secondary N) is 2. The molecule has 1 aromatic heterocycles. The molecule has 7 nitrogen and oxygen atoms in total. The molecule has 0 aliphatic heterocycles. The van der Waals surface area contributed by atoms with Gasteiger partial charge in [0.1, 0.15) is 5.58 Å². The van der Waals surface area contributed by atoms with E-state index < -0.39 is 24.5 Å². The second-order valence-electron chi connectivity index (χ2n) is 6.59. The Morgan fingerprint density at radius 1 is 1.14 bits per heavy atom. The smallest absolute Gasteiger partial charge is 0.321 e. The largest absolute Gasteiger partial charge is 0.464 e. The van der Waals surface area contributed by atoms with Crippen molar-refractivity contribution in [1.82, 2.24) is 10.6 Å². The van der Waals surface area contributed by atoms with E-state index in [1.54, 1.807) is 0 Å². The van der Waals surface area contributed by atoms with Crippen LogP contribution >= 0.6 is 0 Å². The van der Waals surface area contributed by atoms with Gasteiger partial charge < -0.3 is 14.5 Å². The van der Waals surface area contributed by atoms with E-state index in [1.807, 2.05) is 50.2 Å². The summed E-state index contributed by atoms with van der Waals surface area (Å²) in [6, 6.07) is 11.0. The Labute approximate surface area is 162 Å². The minimum atomic E-state index is -0.684. The van der Waals surface area contributed by atoms with Crippen molar-refractivity contribution < 1.29 is 23.5 Å². The van der Waals surface area contributed by atoms with E-state index in [4.69, 9.17) is 9.15 Å². The first kappa shape index (κ1) is 19.4. The predicted molar refractivity (Wildman–Crippen MR) is 105 cm³/mol. The Morgan fingerprint density at radius 3 is 2.71 bits per heavy atom. The lowest BCUT2D eigenvalue weighted by Crippen LogP contribution is -2.44. The number of rotatable bonds is 6. The highest BCUT2D eigenvalue weighted by Crippen LogP contribution is 2.30. The fourth-order valence-corrected chi connectivity index (χ4v) is 2.88. The highest BCUT2D eigenvalue weighted by atomic mass is 16.5. The standard InChI is InChI=1S/C21H22N2O5/c1-3-13(2)22-21(26)23-18(24)12-28-19(25)10-15-11-27-17-9-8-14-6-4-5-7-16(14)20(15)17/h4-9,11,13H,3,10,12H2,1-2H3,(H2,22,23,24,26)/t13-/m0/s1. The zero-order valence-electron chi connectivity index (χ0n) is 15.8. The van der Waals surface area contributed by atoms with Gasteiger partial charge in [0, 0.05) is 17.0 Å². The number of amides is 3. The molecule has 7 heteroatoms. The van der Waals surface area contributed by atoms with Crippen LogP contribution in [0.2, 0.25) is 0 Å². The van der Waals surface area contributed by atoms with Gasteiger partial charge in [0.15, 0.2) is 6.61 Å². The monoisotopic (exact) mass is 382 g/mol. The molecule has 146 valence electrons. The number of hydrogen-bond acceptors (Lipinski definition) is 5. The molecule has 0 fully saturated rings. The third-order valence-electron chi connectivity index (χ3n) is 4.48. The second-order valence-corrected chi connectivity index (χ2v) is 6.59. The maximum absolute atomic E-state index is 12.2. The first-order chi connectivity index (χ1) is 13.5. The molecule has 0 aliphatic rings. The molecule has 0 spiro atoms. The average Bonchev–Trinajstić information content (AvgIpc) is 3.09. The normalized spacial score (nSPS) is 11.9. The summed E-state index contributed by atoms with van der Waals surface area (Å²) in [5.41, 5.74) is 1.37. The molecule has 28 heavy (non-hydrogen) atoms. The minimum absolute atomic E-state index is 0.0344. The second kappa shape index (κ2) is 8.56. The summed E-state index contributed by atoms with van der Waals surface area (Å²) >= 11 is 0. The Kier molecular flexibility index (Phi) is 5.93. The number of carbonyl (C=O) groups excluding carboxylic acids is 3. The van der Waals surface area contributed by atoms with Crippen LogP contribution < -0.4 is 10.6 Å². The lowest BCUT2D eigenvalue weighted by atomic mass is 10.0. The van der Waals surface area contributed by atoms with Gasteiger partial charge in [-0.25, -0.2) is 4.79 Å². The Balaban J connectivity index is 1.60. The molecule has 2 aromatic carbocycles. The van der Waals surface area contributed by atoms with E-state index in [-0.39, 0.29) is 12.5 Å². The van der Waals surface area contributed by atoms with Crippen molar-refractivity contribution in [2.75, 3.05) is 6.61 Å². The molecule has 3 aromatic rings. The number of urea groups is 1. The number of hydrogen-bond donors (Lipinski definition) is 2. The quantitative estimate of drug-likeness (QED) is 0.638. The summed E-state index contributed by atoms with van der Waals surface area (Å²) in [6.45, 7) is 3.21. The van der Waals surface area contributed by atoms with E-state index in [0.29, 0.717) is 11.1 Å². The number of benzene rings is 2. The molecular weight excluding hydrogens is 360 g/mol. The summed E-state index contributed by atoms with van der Waals surface area (Å²) in [4.78, 5) is 35.5. The van der Waals surface area contributed by atoms with Gasteiger partial charge in [0.25, 0.3) is 5.91 Å². The van der Waals surface area contributed by atoms with E-state index >= 15 is 0 Å². The van der Waals surface area contributed by atoms with Gasteiger partial charge in [-0.3, -0.25) is 14.9 Å². The third kappa shape index (κ3) is 4.49.